The van der Waals surface area contributed by atoms with Crippen LogP contribution >= 0.6 is 11.6 Å². The summed E-state index contributed by atoms with van der Waals surface area (Å²) >= 11 is 6.23. The third-order valence-corrected chi connectivity index (χ3v) is 5.25. The lowest BCUT2D eigenvalue weighted by Gasteiger charge is -2.19. The molecule has 28 heavy (non-hydrogen) atoms. The van der Waals surface area contributed by atoms with E-state index in [0.717, 1.165) is 30.5 Å². The number of anilines is 1. The molecule has 0 bridgehead atoms. The van der Waals surface area contributed by atoms with Crippen molar-refractivity contribution in [1.29, 1.82) is 0 Å². The van der Waals surface area contributed by atoms with Gasteiger partial charge < -0.3 is 15.5 Å². The number of carbonyl (C=O) groups is 1. The summed E-state index contributed by atoms with van der Waals surface area (Å²) in [6.45, 7) is 1.51. The third-order valence-electron chi connectivity index (χ3n) is 4.94. The molecule has 1 amide bonds. The summed E-state index contributed by atoms with van der Waals surface area (Å²) in [6.07, 6.45) is 2.74. The Morgan fingerprint density at radius 1 is 1.36 bits per heavy atom. The molecular formula is C20H24ClN5O2. The normalized spacial score (nSPS) is 17.1. The van der Waals surface area contributed by atoms with Crippen LogP contribution in [-0.2, 0) is 4.74 Å². The van der Waals surface area contributed by atoms with Gasteiger partial charge in [0.25, 0.3) is 0 Å². The molecule has 3 rings (SSSR count). The van der Waals surface area contributed by atoms with Crippen LogP contribution in [0.4, 0.5) is 16.2 Å². The van der Waals surface area contributed by atoms with Crippen LogP contribution in [0.3, 0.4) is 0 Å². The highest BCUT2D eigenvalue weighted by Crippen LogP contribution is 2.34. The number of ether oxygens (including phenoxy) is 1. The Kier molecular flexibility index (Phi) is 6.84. The van der Waals surface area contributed by atoms with E-state index in [-0.39, 0.29) is 0 Å². The lowest BCUT2D eigenvalue weighted by atomic mass is 10.0. The number of para-hydroxylation sites is 1. The van der Waals surface area contributed by atoms with Gasteiger partial charge in [-0.3, -0.25) is 5.32 Å². The minimum atomic E-state index is -0.465. The minimum absolute atomic E-state index is 0.396. The number of benzene rings is 2. The van der Waals surface area contributed by atoms with Crippen LogP contribution in [0.5, 0.6) is 0 Å². The second kappa shape index (κ2) is 9.52. The highest BCUT2D eigenvalue weighted by molar-refractivity contribution is 6.33. The predicted molar refractivity (Wildman–Crippen MR) is 111 cm³/mol. The molecule has 1 unspecified atom stereocenters. The minimum Gasteiger partial charge on any atom is -0.449 e. The molecule has 1 saturated heterocycles. The van der Waals surface area contributed by atoms with Crippen molar-refractivity contribution in [2.75, 3.05) is 25.5 Å². The Bertz CT molecular complexity index is 858. The SMILES string of the molecule is CN1CCCC1CCOC(=O)Nc1ccccc1-c1ccc(N=NN)c(Cl)c1. The van der Waals surface area contributed by atoms with E-state index in [1.165, 1.54) is 6.42 Å². The highest BCUT2D eigenvalue weighted by Gasteiger charge is 2.21. The first kappa shape index (κ1) is 20.1. The molecule has 1 heterocycles. The van der Waals surface area contributed by atoms with Crippen LogP contribution in [0, 0.1) is 0 Å². The number of nitrogens with one attached hydrogen (secondary N) is 1. The van der Waals surface area contributed by atoms with Gasteiger partial charge in [-0.15, -0.1) is 5.11 Å². The second-order valence-corrected chi connectivity index (χ2v) is 7.16. The fourth-order valence-corrected chi connectivity index (χ4v) is 3.66. The average Bonchev–Trinajstić information content (AvgIpc) is 3.09. The lowest BCUT2D eigenvalue weighted by Crippen LogP contribution is -2.27. The molecule has 1 aliphatic rings. The van der Waals surface area contributed by atoms with Crippen molar-refractivity contribution in [3.63, 3.8) is 0 Å². The summed E-state index contributed by atoms with van der Waals surface area (Å²) in [5, 5.41) is 10.3. The molecular weight excluding hydrogens is 378 g/mol. The zero-order valence-corrected chi connectivity index (χ0v) is 16.5. The molecule has 148 valence electrons. The fourth-order valence-electron chi connectivity index (χ4n) is 3.44. The smallest absolute Gasteiger partial charge is 0.411 e. The van der Waals surface area contributed by atoms with Crippen molar-refractivity contribution < 1.29 is 9.53 Å². The quantitative estimate of drug-likeness (QED) is 0.404. The summed E-state index contributed by atoms with van der Waals surface area (Å²) in [5.74, 6) is 5.08. The Morgan fingerprint density at radius 3 is 2.89 bits per heavy atom. The molecule has 0 aliphatic carbocycles. The third kappa shape index (κ3) is 4.99. The van der Waals surface area contributed by atoms with E-state index in [0.29, 0.717) is 29.0 Å². The van der Waals surface area contributed by atoms with Crippen LogP contribution in [-0.4, -0.2) is 37.2 Å². The van der Waals surface area contributed by atoms with Crippen molar-refractivity contribution >= 4 is 29.1 Å². The van der Waals surface area contributed by atoms with Crippen molar-refractivity contribution in [1.82, 2.24) is 4.90 Å². The van der Waals surface area contributed by atoms with Gasteiger partial charge in [0.1, 0.15) is 5.69 Å². The number of nitrogens with zero attached hydrogens (tertiary/aromatic N) is 3. The van der Waals surface area contributed by atoms with Crippen LogP contribution < -0.4 is 11.2 Å². The standard InChI is InChI=1S/C20H24ClN5O2/c1-26-11-4-5-15(26)10-12-28-20(27)23-18-7-3-2-6-16(18)14-8-9-19(24-25-22)17(21)13-14/h2-3,6-9,13,15H,4-5,10-12H2,1H3,(H2,22,24)(H,23,27). The number of hydrogen-bond acceptors (Lipinski definition) is 5. The number of amides is 1. The van der Waals surface area contributed by atoms with Gasteiger partial charge in [0, 0.05) is 11.6 Å². The predicted octanol–water partition coefficient (Wildman–Crippen LogP) is 5.00. The van der Waals surface area contributed by atoms with Crippen molar-refractivity contribution in [2.24, 2.45) is 16.2 Å². The van der Waals surface area contributed by atoms with E-state index in [4.69, 9.17) is 22.2 Å². The first-order valence-corrected chi connectivity index (χ1v) is 9.60. The van der Waals surface area contributed by atoms with Gasteiger partial charge in [0.05, 0.1) is 17.3 Å². The van der Waals surface area contributed by atoms with Gasteiger partial charge in [-0.05, 0) is 56.6 Å². The molecule has 1 fully saturated rings. The summed E-state index contributed by atoms with van der Waals surface area (Å²) in [5.41, 5.74) is 2.79. The first-order valence-electron chi connectivity index (χ1n) is 9.22. The molecule has 1 aliphatic heterocycles. The van der Waals surface area contributed by atoms with E-state index in [1.54, 1.807) is 12.1 Å². The Morgan fingerprint density at radius 2 is 2.18 bits per heavy atom. The molecule has 1 atom stereocenters. The fraction of sp³-hybridized carbons (Fsp3) is 0.350. The highest BCUT2D eigenvalue weighted by atomic mass is 35.5. The van der Waals surface area contributed by atoms with Crippen molar-refractivity contribution in [2.45, 2.75) is 25.3 Å². The van der Waals surface area contributed by atoms with E-state index >= 15 is 0 Å². The number of likely N-dealkylation sites (tertiary alicyclic amines) is 1. The number of hydrogen-bond donors (Lipinski definition) is 2. The van der Waals surface area contributed by atoms with Crippen LogP contribution in [0.25, 0.3) is 11.1 Å². The number of halogens is 1. The van der Waals surface area contributed by atoms with Crippen LogP contribution in [0.15, 0.2) is 52.8 Å². The molecule has 0 saturated carbocycles. The molecule has 0 spiro atoms. The Balaban J connectivity index is 1.65. The number of carbonyl (C=O) groups excluding carboxylic acids is 1. The molecule has 0 radical (unpaired) electrons. The van der Waals surface area contributed by atoms with Crippen molar-refractivity contribution in [3.05, 3.63) is 47.5 Å². The Hall–Kier alpha value is -2.64. The Labute approximate surface area is 169 Å². The van der Waals surface area contributed by atoms with Gasteiger partial charge in [-0.25, -0.2) is 4.79 Å². The summed E-state index contributed by atoms with van der Waals surface area (Å²) in [4.78, 5) is 14.6. The van der Waals surface area contributed by atoms with Gasteiger partial charge >= 0.3 is 6.09 Å². The summed E-state index contributed by atoms with van der Waals surface area (Å²) in [6, 6.07) is 13.3. The number of rotatable bonds is 6. The number of nitrogens with two attached hydrogens (primary N) is 1. The van der Waals surface area contributed by atoms with Gasteiger partial charge in [0.15, 0.2) is 0 Å². The van der Waals surface area contributed by atoms with Crippen LogP contribution in [0.1, 0.15) is 19.3 Å². The van der Waals surface area contributed by atoms with Crippen molar-refractivity contribution in [3.8, 4) is 11.1 Å². The molecule has 2 aromatic carbocycles. The van der Waals surface area contributed by atoms with Gasteiger partial charge in [0.2, 0.25) is 0 Å². The monoisotopic (exact) mass is 401 g/mol. The molecule has 3 N–H and O–H groups in total. The summed E-state index contributed by atoms with van der Waals surface area (Å²) in [7, 11) is 2.11. The van der Waals surface area contributed by atoms with E-state index in [2.05, 4.69) is 27.6 Å². The molecule has 7 nitrogen and oxygen atoms in total. The maximum absolute atomic E-state index is 12.2. The average molecular weight is 402 g/mol. The second-order valence-electron chi connectivity index (χ2n) is 6.75. The largest absolute Gasteiger partial charge is 0.449 e. The van der Waals surface area contributed by atoms with E-state index in [1.807, 2.05) is 30.3 Å². The lowest BCUT2D eigenvalue weighted by molar-refractivity contribution is 0.147. The zero-order chi connectivity index (χ0) is 19.9. The van der Waals surface area contributed by atoms with E-state index < -0.39 is 6.09 Å². The topological polar surface area (TPSA) is 92.3 Å². The maximum atomic E-state index is 12.2. The molecule has 8 heteroatoms. The zero-order valence-electron chi connectivity index (χ0n) is 15.8. The maximum Gasteiger partial charge on any atom is 0.411 e. The van der Waals surface area contributed by atoms with Gasteiger partial charge in [-0.2, -0.15) is 0 Å². The molecule has 0 aromatic heterocycles. The summed E-state index contributed by atoms with van der Waals surface area (Å²) < 4.78 is 5.38. The molecule has 2 aromatic rings. The van der Waals surface area contributed by atoms with E-state index in [9.17, 15) is 4.79 Å². The van der Waals surface area contributed by atoms with Gasteiger partial charge in [-0.1, -0.05) is 41.1 Å². The first-order chi connectivity index (χ1) is 13.6. The van der Waals surface area contributed by atoms with Crippen LogP contribution in [0.2, 0.25) is 5.02 Å².